The lowest BCUT2D eigenvalue weighted by atomic mass is 10.5. The summed E-state index contributed by atoms with van der Waals surface area (Å²) in [6.07, 6.45) is 3.16. The molecule has 104 valence electrons. The highest BCUT2D eigenvalue weighted by Gasteiger charge is 2.16. The van der Waals surface area contributed by atoms with Crippen LogP contribution in [-0.4, -0.2) is 44.6 Å². The first-order valence-corrected chi connectivity index (χ1v) is 5.85. The third kappa shape index (κ3) is 3.16. The number of amides is 1. The molecule has 2 heterocycles. The van der Waals surface area contributed by atoms with Gasteiger partial charge in [-0.1, -0.05) is 6.08 Å². The molecule has 2 rings (SSSR count). The summed E-state index contributed by atoms with van der Waals surface area (Å²) in [5, 5.41) is 6.40. The third-order valence-corrected chi connectivity index (χ3v) is 2.31. The molecule has 0 atom stereocenters. The highest BCUT2D eigenvalue weighted by molar-refractivity contribution is 5.88. The van der Waals surface area contributed by atoms with Gasteiger partial charge in [-0.2, -0.15) is 4.98 Å². The van der Waals surface area contributed by atoms with Crippen LogP contribution in [0, 0.1) is 6.92 Å². The van der Waals surface area contributed by atoms with E-state index in [1.54, 1.807) is 19.2 Å². The van der Waals surface area contributed by atoms with Gasteiger partial charge in [-0.3, -0.25) is 4.79 Å². The van der Waals surface area contributed by atoms with Crippen LogP contribution in [0.1, 0.15) is 16.3 Å². The average molecular weight is 275 g/mol. The molecule has 2 aromatic rings. The summed E-state index contributed by atoms with van der Waals surface area (Å²) in [5.74, 6) is -1.04. The molecule has 20 heavy (non-hydrogen) atoms. The van der Waals surface area contributed by atoms with Gasteiger partial charge < -0.3 is 10.1 Å². The number of aryl methyl sites for hydroxylation is 1. The lowest BCUT2D eigenvalue weighted by molar-refractivity contribution is -0.124. The highest BCUT2D eigenvalue weighted by Crippen LogP contribution is 2.01. The number of aromatic nitrogens is 4. The number of esters is 1. The van der Waals surface area contributed by atoms with E-state index in [1.165, 1.54) is 10.6 Å². The molecule has 0 fully saturated rings. The number of hydrogen-bond donors (Lipinski definition) is 1. The summed E-state index contributed by atoms with van der Waals surface area (Å²) in [5.41, 5.74) is 0.758. The molecule has 0 aliphatic rings. The van der Waals surface area contributed by atoms with Crippen molar-refractivity contribution in [1.29, 1.82) is 0 Å². The van der Waals surface area contributed by atoms with Gasteiger partial charge in [0.15, 0.2) is 6.61 Å². The summed E-state index contributed by atoms with van der Waals surface area (Å²) in [6, 6.07) is 1.74. The Balaban J connectivity index is 2.00. The Morgan fingerprint density at radius 1 is 1.50 bits per heavy atom. The van der Waals surface area contributed by atoms with Crippen molar-refractivity contribution in [2.45, 2.75) is 6.92 Å². The van der Waals surface area contributed by atoms with E-state index in [0.29, 0.717) is 12.3 Å². The van der Waals surface area contributed by atoms with Crippen molar-refractivity contribution in [3.63, 3.8) is 0 Å². The summed E-state index contributed by atoms with van der Waals surface area (Å²) >= 11 is 0. The third-order valence-electron chi connectivity index (χ3n) is 2.31. The maximum absolute atomic E-state index is 11.7. The summed E-state index contributed by atoms with van der Waals surface area (Å²) in [7, 11) is 0. The second-order valence-corrected chi connectivity index (χ2v) is 3.92. The number of nitrogens with one attached hydrogen (secondary N) is 1. The van der Waals surface area contributed by atoms with Gasteiger partial charge in [-0.15, -0.1) is 11.7 Å². The first-order chi connectivity index (χ1) is 9.60. The van der Waals surface area contributed by atoms with Crippen LogP contribution in [0.2, 0.25) is 0 Å². The predicted molar refractivity (Wildman–Crippen MR) is 69.0 cm³/mol. The maximum Gasteiger partial charge on any atom is 0.378 e. The van der Waals surface area contributed by atoms with Crippen LogP contribution >= 0.6 is 0 Å². The van der Waals surface area contributed by atoms with Crippen molar-refractivity contribution >= 4 is 17.7 Å². The molecule has 8 heteroatoms. The number of fused-ring (bicyclic) bond motifs is 1. The predicted octanol–water partition coefficient (Wildman–Crippen LogP) is -0.108. The van der Waals surface area contributed by atoms with Crippen LogP contribution in [0.4, 0.5) is 0 Å². The fourth-order valence-corrected chi connectivity index (χ4v) is 1.38. The van der Waals surface area contributed by atoms with E-state index >= 15 is 0 Å². The first kappa shape index (κ1) is 13.7. The molecule has 0 spiro atoms. The number of carbonyl (C=O) groups is 2. The number of carbonyl (C=O) groups excluding carboxylic acids is 2. The molecule has 0 radical (unpaired) electrons. The van der Waals surface area contributed by atoms with Crippen molar-refractivity contribution < 1.29 is 14.3 Å². The lowest BCUT2D eigenvalue weighted by Crippen LogP contribution is -2.28. The molecule has 1 amide bonds. The van der Waals surface area contributed by atoms with Crippen LogP contribution in [0.15, 0.2) is 24.9 Å². The molecule has 0 aliphatic carbocycles. The summed E-state index contributed by atoms with van der Waals surface area (Å²) in [4.78, 5) is 31.0. The van der Waals surface area contributed by atoms with Crippen molar-refractivity contribution in [2.75, 3.05) is 13.2 Å². The zero-order valence-electron chi connectivity index (χ0n) is 10.9. The summed E-state index contributed by atoms with van der Waals surface area (Å²) < 4.78 is 6.16. The van der Waals surface area contributed by atoms with Gasteiger partial charge in [0.25, 0.3) is 17.5 Å². The van der Waals surface area contributed by atoms with Gasteiger partial charge in [0, 0.05) is 18.4 Å². The van der Waals surface area contributed by atoms with E-state index in [2.05, 4.69) is 27.0 Å². The van der Waals surface area contributed by atoms with E-state index in [-0.39, 0.29) is 5.82 Å². The van der Waals surface area contributed by atoms with Gasteiger partial charge in [0.05, 0.1) is 0 Å². The fourth-order valence-electron chi connectivity index (χ4n) is 1.38. The minimum absolute atomic E-state index is 0.139. The van der Waals surface area contributed by atoms with Crippen molar-refractivity contribution in [3.8, 4) is 0 Å². The highest BCUT2D eigenvalue weighted by atomic mass is 16.5. The fraction of sp³-hybridized carbons (Fsp3) is 0.250. The Morgan fingerprint density at radius 3 is 3.05 bits per heavy atom. The summed E-state index contributed by atoms with van der Waals surface area (Å²) in [6.45, 7) is 5.17. The zero-order valence-corrected chi connectivity index (χ0v) is 10.9. The van der Waals surface area contributed by atoms with Crippen LogP contribution in [0.5, 0.6) is 0 Å². The van der Waals surface area contributed by atoms with Gasteiger partial charge in [-0.05, 0) is 13.0 Å². The van der Waals surface area contributed by atoms with Gasteiger partial charge >= 0.3 is 5.97 Å². The lowest BCUT2D eigenvalue weighted by Gasteiger charge is -2.02. The van der Waals surface area contributed by atoms with Crippen molar-refractivity contribution in [3.05, 3.63) is 36.4 Å². The van der Waals surface area contributed by atoms with Gasteiger partial charge in [0.1, 0.15) is 0 Å². The Bertz CT molecular complexity index is 664. The van der Waals surface area contributed by atoms with Crippen LogP contribution < -0.4 is 5.32 Å². The number of nitrogens with zero attached hydrogens (tertiary/aromatic N) is 4. The molecule has 0 bridgehead atoms. The molecule has 0 saturated heterocycles. The smallest absolute Gasteiger partial charge is 0.378 e. The molecular formula is C12H13N5O3. The average Bonchev–Trinajstić information content (AvgIpc) is 2.85. The maximum atomic E-state index is 11.7. The van der Waals surface area contributed by atoms with Gasteiger partial charge in [0.2, 0.25) is 0 Å². The number of hydrogen-bond acceptors (Lipinski definition) is 6. The Kier molecular flexibility index (Phi) is 4.04. The monoisotopic (exact) mass is 275 g/mol. The normalized spacial score (nSPS) is 10.2. The first-order valence-electron chi connectivity index (χ1n) is 5.85. The van der Waals surface area contributed by atoms with Crippen LogP contribution in [0.25, 0.3) is 5.78 Å². The van der Waals surface area contributed by atoms with Gasteiger partial charge in [-0.25, -0.2) is 14.3 Å². The Morgan fingerprint density at radius 2 is 2.30 bits per heavy atom. The molecule has 2 aromatic heterocycles. The second-order valence-electron chi connectivity index (χ2n) is 3.92. The molecule has 0 saturated carbocycles. The van der Waals surface area contributed by atoms with Crippen LogP contribution in [-0.2, 0) is 9.53 Å². The van der Waals surface area contributed by atoms with E-state index in [9.17, 15) is 9.59 Å². The van der Waals surface area contributed by atoms with E-state index < -0.39 is 18.5 Å². The topological polar surface area (TPSA) is 98.5 Å². The van der Waals surface area contributed by atoms with E-state index in [4.69, 9.17) is 4.74 Å². The molecule has 0 aromatic carbocycles. The molecular weight excluding hydrogens is 262 g/mol. The van der Waals surface area contributed by atoms with Crippen molar-refractivity contribution in [1.82, 2.24) is 24.9 Å². The second kappa shape index (κ2) is 5.91. The minimum atomic E-state index is -0.776. The zero-order chi connectivity index (χ0) is 14.5. The van der Waals surface area contributed by atoms with E-state index in [1.807, 2.05) is 0 Å². The number of rotatable bonds is 5. The quantitative estimate of drug-likeness (QED) is 0.604. The minimum Gasteiger partial charge on any atom is -0.450 e. The van der Waals surface area contributed by atoms with Crippen LogP contribution in [0.3, 0.4) is 0 Å². The molecule has 0 unspecified atom stereocenters. The Labute approximate surface area is 114 Å². The Hall–Kier alpha value is -2.77. The molecule has 0 aliphatic heterocycles. The molecule has 8 nitrogen and oxygen atoms in total. The van der Waals surface area contributed by atoms with Crippen molar-refractivity contribution in [2.24, 2.45) is 0 Å². The number of ether oxygens (including phenoxy) is 1. The largest absolute Gasteiger partial charge is 0.450 e. The molecule has 1 N–H and O–H groups in total. The van der Waals surface area contributed by atoms with E-state index in [0.717, 1.165) is 5.69 Å². The standard InChI is InChI=1S/C12H13N5O3/c1-3-5-13-9(18)7-20-11(19)10-15-12-14-8(2)4-6-17(12)16-10/h3-4,6H,1,5,7H2,2H3,(H,13,18). The SMILES string of the molecule is C=CCNC(=O)COC(=O)c1nc2nc(C)ccn2n1.